The maximum Gasteiger partial charge on any atom is 0.277 e. The summed E-state index contributed by atoms with van der Waals surface area (Å²) in [5.74, 6) is 0.0322. The molecule has 0 radical (unpaired) electrons. The Morgan fingerprint density at radius 3 is 2.68 bits per heavy atom. The van der Waals surface area contributed by atoms with E-state index in [-0.39, 0.29) is 12.5 Å². The van der Waals surface area contributed by atoms with Gasteiger partial charge >= 0.3 is 0 Å². The molecule has 2 aromatic carbocycles. The molecular formula is C16H14Cl2N2O2. The third kappa shape index (κ3) is 5.39. The summed E-state index contributed by atoms with van der Waals surface area (Å²) in [6.07, 6.45) is 2.27. The summed E-state index contributed by atoms with van der Waals surface area (Å²) in [5.41, 5.74) is 3.51. The molecule has 0 bridgehead atoms. The zero-order valence-corrected chi connectivity index (χ0v) is 13.1. The van der Waals surface area contributed by atoms with Gasteiger partial charge in [0.25, 0.3) is 5.91 Å². The molecule has 0 heterocycles. The Morgan fingerprint density at radius 2 is 1.95 bits per heavy atom. The molecule has 4 nitrogen and oxygen atoms in total. The number of rotatable bonds is 6. The Kier molecular flexibility index (Phi) is 6.25. The highest BCUT2D eigenvalue weighted by Gasteiger charge is 2.05. The maximum absolute atomic E-state index is 11.6. The quantitative estimate of drug-likeness (QED) is 0.645. The van der Waals surface area contributed by atoms with Crippen molar-refractivity contribution in [3.8, 4) is 5.75 Å². The van der Waals surface area contributed by atoms with Gasteiger partial charge in [0.15, 0.2) is 6.61 Å². The molecule has 6 heteroatoms. The molecule has 1 N–H and O–H groups in total. The summed E-state index contributed by atoms with van der Waals surface area (Å²) in [4.78, 5) is 11.6. The van der Waals surface area contributed by atoms with E-state index >= 15 is 0 Å². The largest absolute Gasteiger partial charge is 0.482 e. The van der Waals surface area contributed by atoms with E-state index in [9.17, 15) is 4.79 Å². The van der Waals surface area contributed by atoms with Crippen LogP contribution in [0.25, 0.3) is 0 Å². The first-order valence-electron chi connectivity index (χ1n) is 6.57. The number of carbonyl (C=O) groups excluding carboxylic acids is 1. The maximum atomic E-state index is 11.6. The molecule has 0 saturated heterocycles. The van der Waals surface area contributed by atoms with Crippen LogP contribution >= 0.6 is 23.2 Å². The van der Waals surface area contributed by atoms with Crippen LogP contribution in [0.5, 0.6) is 5.75 Å². The van der Waals surface area contributed by atoms with Crippen molar-refractivity contribution in [3.63, 3.8) is 0 Å². The molecule has 1 amide bonds. The van der Waals surface area contributed by atoms with Crippen molar-refractivity contribution in [2.75, 3.05) is 6.61 Å². The van der Waals surface area contributed by atoms with Gasteiger partial charge in [-0.15, -0.1) is 0 Å². The number of hydrazone groups is 1. The lowest BCUT2D eigenvalue weighted by Crippen LogP contribution is -2.24. The van der Waals surface area contributed by atoms with Gasteiger partial charge in [-0.05, 0) is 23.8 Å². The molecule has 0 aromatic heterocycles. The van der Waals surface area contributed by atoms with Crippen LogP contribution in [0.1, 0.15) is 5.56 Å². The molecule has 114 valence electrons. The van der Waals surface area contributed by atoms with Crippen molar-refractivity contribution < 1.29 is 9.53 Å². The van der Waals surface area contributed by atoms with Crippen molar-refractivity contribution in [1.82, 2.24) is 5.43 Å². The smallest absolute Gasteiger partial charge is 0.277 e. The first kappa shape index (κ1) is 16.3. The minimum absolute atomic E-state index is 0.177. The minimum Gasteiger partial charge on any atom is -0.482 e. The van der Waals surface area contributed by atoms with Crippen LogP contribution in [0.4, 0.5) is 0 Å². The first-order chi connectivity index (χ1) is 10.6. The van der Waals surface area contributed by atoms with Crippen LogP contribution in [-0.4, -0.2) is 18.7 Å². The lowest BCUT2D eigenvalue weighted by atomic mass is 10.2. The second-order valence-corrected chi connectivity index (χ2v) is 5.24. The van der Waals surface area contributed by atoms with E-state index in [0.717, 1.165) is 5.56 Å². The van der Waals surface area contributed by atoms with Crippen molar-refractivity contribution >= 4 is 35.3 Å². The number of hydrogen-bond donors (Lipinski definition) is 1. The highest BCUT2D eigenvalue weighted by Crippen LogP contribution is 2.27. The molecular weight excluding hydrogens is 323 g/mol. The summed E-state index contributed by atoms with van der Waals surface area (Å²) in [6, 6.07) is 14.6. The second-order valence-electron chi connectivity index (χ2n) is 4.40. The van der Waals surface area contributed by atoms with Gasteiger partial charge in [-0.25, -0.2) is 5.43 Å². The predicted octanol–water partition coefficient (Wildman–Crippen LogP) is 3.72. The van der Waals surface area contributed by atoms with E-state index in [4.69, 9.17) is 27.9 Å². The number of amides is 1. The fourth-order valence-corrected chi connectivity index (χ4v) is 2.11. The van der Waals surface area contributed by atoms with Crippen LogP contribution in [0.15, 0.2) is 53.6 Å². The highest BCUT2D eigenvalue weighted by molar-refractivity contribution is 6.35. The van der Waals surface area contributed by atoms with Gasteiger partial charge in [-0.1, -0.05) is 53.5 Å². The Hall–Kier alpha value is -2.04. The molecule has 0 aliphatic rings. The number of nitrogens with zero attached hydrogens (tertiary/aromatic N) is 1. The summed E-state index contributed by atoms with van der Waals surface area (Å²) < 4.78 is 5.29. The Morgan fingerprint density at radius 1 is 1.18 bits per heavy atom. The van der Waals surface area contributed by atoms with Gasteiger partial charge in [0.05, 0.1) is 5.02 Å². The number of nitrogens with one attached hydrogen (secondary N) is 1. The Labute approximate surface area is 138 Å². The Balaban J connectivity index is 1.74. The Bertz CT molecular complexity index is 660. The van der Waals surface area contributed by atoms with Gasteiger partial charge in [0.2, 0.25) is 0 Å². The summed E-state index contributed by atoms with van der Waals surface area (Å²) in [7, 11) is 0. The molecule has 0 fully saturated rings. The van der Waals surface area contributed by atoms with Crippen LogP contribution in [-0.2, 0) is 11.2 Å². The van der Waals surface area contributed by atoms with Crippen molar-refractivity contribution in [3.05, 3.63) is 64.1 Å². The van der Waals surface area contributed by atoms with Crippen molar-refractivity contribution in [2.45, 2.75) is 6.42 Å². The van der Waals surface area contributed by atoms with E-state index in [0.29, 0.717) is 22.2 Å². The molecule has 0 atom stereocenters. The van der Waals surface area contributed by atoms with E-state index in [1.54, 1.807) is 24.4 Å². The van der Waals surface area contributed by atoms with E-state index in [1.165, 1.54) is 0 Å². The third-order valence-corrected chi connectivity index (χ3v) is 3.23. The number of benzene rings is 2. The summed E-state index contributed by atoms with van der Waals surface area (Å²) in [5, 5.41) is 4.72. The zero-order chi connectivity index (χ0) is 15.8. The van der Waals surface area contributed by atoms with Crippen LogP contribution in [0.3, 0.4) is 0 Å². The fourth-order valence-electron chi connectivity index (χ4n) is 1.65. The van der Waals surface area contributed by atoms with Crippen molar-refractivity contribution in [2.24, 2.45) is 5.10 Å². The normalized spacial score (nSPS) is 10.6. The predicted molar refractivity (Wildman–Crippen MR) is 88.7 cm³/mol. The number of halogens is 2. The third-order valence-electron chi connectivity index (χ3n) is 2.70. The van der Waals surface area contributed by atoms with Crippen LogP contribution < -0.4 is 10.2 Å². The number of carbonyl (C=O) groups is 1. The van der Waals surface area contributed by atoms with Crippen molar-refractivity contribution in [1.29, 1.82) is 0 Å². The summed E-state index contributed by atoms with van der Waals surface area (Å²) in [6.45, 7) is -0.177. The second kappa shape index (κ2) is 8.41. The average molecular weight is 337 g/mol. The average Bonchev–Trinajstić information content (AvgIpc) is 2.52. The van der Waals surface area contributed by atoms with Gasteiger partial charge < -0.3 is 4.74 Å². The molecule has 0 aliphatic heterocycles. The SMILES string of the molecule is O=C(COc1ccc(Cl)cc1Cl)N/N=C\Cc1ccccc1. The van der Waals surface area contributed by atoms with Gasteiger partial charge in [0, 0.05) is 17.7 Å². The molecule has 2 aromatic rings. The molecule has 22 heavy (non-hydrogen) atoms. The van der Waals surface area contributed by atoms with Gasteiger partial charge in [0.1, 0.15) is 5.75 Å². The molecule has 0 spiro atoms. The van der Waals surface area contributed by atoms with Gasteiger partial charge in [-0.2, -0.15) is 5.10 Å². The monoisotopic (exact) mass is 336 g/mol. The van der Waals surface area contributed by atoms with Crippen LogP contribution in [0.2, 0.25) is 10.0 Å². The number of hydrogen-bond acceptors (Lipinski definition) is 3. The topological polar surface area (TPSA) is 50.7 Å². The van der Waals surface area contributed by atoms with E-state index < -0.39 is 0 Å². The van der Waals surface area contributed by atoms with E-state index in [1.807, 2.05) is 30.3 Å². The van der Waals surface area contributed by atoms with Gasteiger partial charge in [-0.3, -0.25) is 4.79 Å². The van der Waals surface area contributed by atoms with E-state index in [2.05, 4.69) is 10.5 Å². The minimum atomic E-state index is -0.365. The summed E-state index contributed by atoms with van der Waals surface area (Å²) >= 11 is 11.7. The van der Waals surface area contributed by atoms with Crippen LogP contribution in [0, 0.1) is 0 Å². The number of ether oxygens (including phenoxy) is 1. The lowest BCUT2D eigenvalue weighted by molar-refractivity contribution is -0.123. The molecule has 0 aliphatic carbocycles. The standard InChI is InChI=1S/C16H14Cl2N2O2/c17-13-6-7-15(14(18)10-13)22-11-16(21)20-19-9-8-12-4-2-1-3-5-12/h1-7,9-10H,8,11H2,(H,20,21)/b19-9-. The highest BCUT2D eigenvalue weighted by atomic mass is 35.5. The first-order valence-corrected chi connectivity index (χ1v) is 7.33. The molecule has 0 saturated carbocycles. The fraction of sp³-hybridized carbons (Fsp3) is 0.125. The zero-order valence-electron chi connectivity index (χ0n) is 11.6. The lowest BCUT2D eigenvalue weighted by Gasteiger charge is -2.06. The molecule has 2 rings (SSSR count). The molecule has 0 unspecified atom stereocenters.